The second-order valence-corrected chi connectivity index (χ2v) is 8.08. The Hall–Kier alpha value is -0.630. The van der Waals surface area contributed by atoms with Crippen molar-refractivity contribution >= 4 is 39.0 Å². The predicted molar refractivity (Wildman–Crippen MR) is 83.0 cm³/mol. The van der Waals surface area contributed by atoms with Gasteiger partial charge in [0.1, 0.15) is 4.99 Å². The van der Waals surface area contributed by atoms with E-state index < -0.39 is 10.0 Å². The monoisotopic (exact) mass is 316 g/mol. The summed E-state index contributed by atoms with van der Waals surface area (Å²) in [7, 11) is -3.50. The molecular weight excluding hydrogens is 300 g/mol. The van der Waals surface area contributed by atoms with Crippen molar-refractivity contribution in [2.24, 2.45) is 5.73 Å². The average Bonchev–Trinajstić information content (AvgIpc) is 3.17. The number of rotatable bonds is 6. The highest BCUT2D eigenvalue weighted by Gasteiger charge is 2.42. The molecule has 0 bridgehead atoms. The van der Waals surface area contributed by atoms with Gasteiger partial charge in [0.2, 0.25) is 10.0 Å². The molecule has 1 saturated carbocycles. The normalized spacial score (nSPS) is 17.1. The first-order valence-corrected chi connectivity index (χ1v) is 8.95. The summed E-state index contributed by atoms with van der Waals surface area (Å²) < 4.78 is 27.1. The zero-order chi connectivity index (χ0) is 14.1. The van der Waals surface area contributed by atoms with Crippen LogP contribution in [0.2, 0.25) is 0 Å². The molecule has 1 aliphatic carbocycles. The van der Waals surface area contributed by atoms with Gasteiger partial charge in [-0.05, 0) is 31.2 Å². The van der Waals surface area contributed by atoms with Gasteiger partial charge in [0, 0.05) is 16.9 Å². The third kappa shape index (κ3) is 3.47. The maximum atomic E-state index is 12.2. The molecule has 0 saturated heterocycles. The van der Waals surface area contributed by atoms with E-state index >= 15 is 0 Å². The molecule has 0 unspecified atom stereocenters. The minimum absolute atomic E-state index is 0.0911. The third-order valence-electron chi connectivity index (χ3n) is 3.25. The van der Waals surface area contributed by atoms with E-state index in [2.05, 4.69) is 4.72 Å². The summed E-state index contributed by atoms with van der Waals surface area (Å²) in [5.74, 6) is 0. The summed E-state index contributed by atoms with van der Waals surface area (Å²) in [6.45, 7) is 0.466. The number of thioether (sulfide) groups is 1. The molecule has 2 rings (SSSR count). The van der Waals surface area contributed by atoms with E-state index in [1.165, 1.54) is 6.07 Å². The van der Waals surface area contributed by atoms with Gasteiger partial charge in [0.05, 0.1) is 4.90 Å². The zero-order valence-electron chi connectivity index (χ0n) is 10.5. The molecule has 104 valence electrons. The Labute approximate surface area is 123 Å². The van der Waals surface area contributed by atoms with Crippen molar-refractivity contribution in [1.82, 2.24) is 4.72 Å². The van der Waals surface area contributed by atoms with Gasteiger partial charge in [-0.25, -0.2) is 13.1 Å². The van der Waals surface area contributed by atoms with Gasteiger partial charge in [-0.1, -0.05) is 24.4 Å². The van der Waals surface area contributed by atoms with Gasteiger partial charge in [-0.3, -0.25) is 0 Å². The molecule has 1 fully saturated rings. The topological polar surface area (TPSA) is 72.2 Å². The number of sulfonamides is 1. The Kier molecular flexibility index (Phi) is 4.20. The fraction of sp³-hybridized carbons (Fsp3) is 0.417. The molecule has 1 aromatic carbocycles. The van der Waals surface area contributed by atoms with Crippen LogP contribution in [-0.4, -0.2) is 31.0 Å². The molecule has 0 spiro atoms. The summed E-state index contributed by atoms with van der Waals surface area (Å²) in [6, 6.07) is 6.39. The molecular formula is C12H16N2O2S3. The van der Waals surface area contributed by atoms with Crippen LogP contribution in [0.5, 0.6) is 0 Å². The summed E-state index contributed by atoms with van der Waals surface area (Å²) in [4.78, 5) is 0.398. The largest absolute Gasteiger partial charge is 0.389 e. The smallest absolute Gasteiger partial charge is 0.240 e. The van der Waals surface area contributed by atoms with Crippen LogP contribution in [0.15, 0.2) is 29.2 Å². The maximum absolute atomic E-state index is 12.2. The van der Waals surface area contributed by atoms with E-state index in [4.69, 9.17) is 18.0 Å². The standard InChI is InChI=1S/C12H16N2O2S3/c1-18-12(5-6-12)8-14-19(15,16)10-4-2-3-9(7-10)11(13)17/h2-4,7,14H,5-6,8H2,1H3,(H2,13,17). The number of thiocarbonyl (C=S) groups is 1. The Balaban J connectivity index is 2.15. The third-order valence-corrected chi connectivity index (χ3v) is 6.31. The molecule has 3 N–H and O–H groups in total. The lowest BCUT2D eigenvalue weighted by molar-refractivity contribution is 0.580. The number of hydrogen-bond donors (Lipinski definition) is 2. The molecule has 1 aliphatic rings. The number of nitrogens with two attached hydrogens (primary N) is 1. The Morgan fingerprint density at radius 1 is 1.53 bits per heavy atom. The highest BCUT2D eigenvalue weighted by atomic mass is 32.2. The van der Waals surface area contributed by atoms with Crippen molar-refractivity contribution in [2.75, 3.05) is 12.8 Å². The number of benzene rings is 1. The summed E-state index contributed by atoms with van der Waals surface area (Å²) >= 11 is 6.57. The van der Waals surface area contributed by atoms with Crippen LogP contribution < -0.4 is 10.5 Å². The lowest BCUT2D eigenvalue weighted by Crippen LogP contribution is -2.31. The Bertz CT molecular complexity index is 595. The lowest BCUT2D eigenvalue weighted by atomic mass is 10.2. The molecule has 0 aliphatic heterocycles. The van der Waals surface area contributed by atoms with Crippen LogP contribution in [0, 0.1) is 0 Å². The van der Waals surface area contributed by atoms with Gasteiger partial charge in [-0.2, -0.15) is 11.8 Å². The van der Waals surface area contributed by atoms with E-state index in [1.54, 1.807) is 30.0 Å². The van der Waals surface area contributed by atoms with E-state index in [0.717, 1.165) is 12.8 Å². The molecule has 4 nitrogen and oxygen atoms in total. The van der Waals surface area contributed by atoms with Crippen LogP contribution in [0.3, 0.4) is 0 Å². The molecule has 1 aromatic rings. The van der Waals surface area contributed by atoms with Crippen molar-refractivity contribution in [3.8, 4) is 0 Å². The minimum atomic E-state index is -3.50. The van der Waals surface area contributed by atoms with Gasteiger partial charge in [0.25, 0.3) is 0 Å². The van der Waals surface area contributed by atoms with Crippen LogP contribution in [0.25, 0.3) is 0 Å². The first-order valence-electron chi connectivity index (χ1n) is 5.83. The quantitative estimate of drug-likeness (QED) is 0.778. The van der Waals surface area contributed by atoms with Gasteiger partial charge >= 0.3 is 0 Å². The summed E-state index contributed by atoms with van der Waals surface area (Å²) in [5.41, 5.74) is 6.07. The molecule has 7 heteroatoms. The zero-order valence-corrected chi connectivity index (χ0v) is 13.0. The fourth-order valence-electron chi connectivity index (χ4n) is 1.72. The van der Waals surface area contributed by atoms with Crippen molar-refractivity contribution in [3.05, 3.63) is 29.8 Å². The average molecular weight is 316 g/mol. The molecule has 19 heavy (non-hydrogen) atoms. The van der Waals surface area contributed by atoms with Gasteiger partial charge in [-0.15, -0.1) is 0 Å². The van der Waals surface area contributed by atoms with Crippen LogP contribution in [-0.2, 0) is 10.0 Å². The van der Waals surface area contributed by atoms with Crippen LogP contribution in [0.4, 0.5) is 0 Å². The molecule has 0 amide bonds. The Morgan fingerprint density at radius 2 is 2.21 bits per heavy atom. The van der Waals surface area contributed by atoms with Crippen molar-refractivity contribution < 1.29 is 8.42 Å². The molecule has 0 heterocycles. The maximum Gasteiger partial charge on any atom is 0.240 e. The minimum Gasteiger partial charge on any atom is -0.389 e. The van der Waals surface area contributed by atoms with E-state index in [0.29, 0.717) is 12.1 Å². The number of nitrogens with one attached hydrogen (secondary N) is 1. The highest BCUT2D eigenvalue weighted by molar-refractivity contribution is 8.00. The van der Waals surface area contributed by atoms with Crippen molar-refractivity contribution in [3.63, 3.8) is 0 Å². The van der Waals surface area contributed by atoms with Crippen molar-refractivity contribution in [1.29, 1.82) is 0 Å². The van der Waals surface area contributed by atoms with Crippen LogP contribution in [0.1, 0.15) is 18.4 Å². The van der Waals surface area contributed by atoms with E-state index in [1.807, 2.05) is 6.26 Å². The Morgan fingerprint density at radius 3 is 2.74 bits per heavy atom. The predicted octanol–water partition coefficient (Wildman–Crippen LogP) is 1.49. The molecule has 0 aromatic heterocycles. The number of hydrogen-bond acceptors (Lipinski definition) is 4. The van der Waals surface area contributed by atoms with Gasteiger partial charge in [0.15, 0.2) is 0 Å². The summed E-state index contributed by atoms with van der Waals surface area (Å²) in [6.07, 6.45) is 4.13. The summed E-state index contributed by atoms with van der Waals surface area (Å²) in [5, 5.41) is 0. The van der Waals surface area contributed by atoms with E-state index in [9.17, 15) is 8.42 Å². The van der Waals surface area contributed by atoms with Crippen molar-refractivity contribution in [2.45, 2.75) is 22.5 Å². The molecule has 0 atom stereocenters. The molecule has 0 radical (unpaired) electrons. The first kappa shape index (κ1) is 14.8. The fourth-order valence-corrected chi connectivity index (χ4v) is 3.84. The SMILES string of the molecule is CSC1(CNS(=O)(=O)c2cccc(C(N)=S)c2)CC1. The second kappa shape index (κ2) is 5.40. The second-order valence-electron chi connectivity index (χ2n) is 4.60. The van der Waals surface area contributed by atoms with Gasteiger partial charge < -0.3 is 5.73 Å². The van der Waals surface area contributed by atoms with Crippen LogP contribution >= 0.6 is 24.0 Å². The lowest BCUT2D eigenvalue weighted by Gasteiger charge is -2.13. The highest BCUT2D eigenvalue weighted by Crippen LogP contribution is 2.46. The van der Waals surface area contributed by atoms with E-state index in [-0.39, 0.29) is 14.6 Å². The first-order chi connectivity index (χ1) is 8.88.